The zero-order valence-electron chi connectivity index (χ0n) is 7.77. The summed E-state index contributed by atoms with van der Waals surface area (Å²) < 4.78 is 4.49. The Balaban J connectivity index is 3.01. The summed E-state index contributed by atoms with van der Waals surface area (Å²) in [7, 11) is 1.22. The molecule has 0 saturated heterocycles. The van der Waals surface area contributed by atoms with Crippen LogP contribution in [0.15, 0.2) is 30.3 Å². The molecule has 0 unspecified atom stereocenters. The first kappa shape index (κ1) is 10.2. The number of rotatable bonds is 3. The van der Waals surface area contributed by atoms with Crippen LogP contribution in [0.1, 0.15) is 11.5 Å². The van der Waals surface area contributed by atoms with Crippen LogP contribution in [0.25, 0.3) is 0 Å². The number of esters is 1. The lowest BCUT2D eigenvalue weighted by atomic mass is 9.99. The van der Waals surface area contributed by atoms with Gasteiger partial charge in [0.1, 0.15) is 0 Å². The molecule has 2 N–H and O–H groups in total. The van der Waals surface area contributed by atoms with Crippen LogP contribution >= 0.6 is 0 Å². The van der Waals surface area contributed by atoms with Crippen LogP contribution in [0.5, 0.6) is 0 Å². The SMILES string of the molecule is COC(=O)[C@H](C(N)=O)c1ccccc1. The van der Waals surface area contributed by atoms with E-state index in [0.29, 0.717) is 5.56 Å². The zero-order chi connectivity index (χ0) is 10.6. The summed E-state index contributed by atoms with van der Waals surface area (Å²) in [6.07, 6.45) is 0. The van der Waals surface area contributed by atoms with E-state index in [4.69, 9.17) is 5.73 Å². The number of hydrogen-bond acceptors (Lipinski definition) is 3. The van der Waals surface area contributed by atoms with Gasteiger partial charge in [-0.25, -0.2) is 0 Å². The normalized spacial score (nSPS) is 11.8. The molecule has 4 heteroatoms. The highest BCUT2D eigenvalue weighted by atomic mass is 16.5. The van der Waals surface area contributed by atoms with E-state index in [2.05, 4.69) is 4.74 Å². The molecule has 74 valence electrons. The van der Waals surface area contributed by atoms with Crippen molar-refractivity contribution in [3.05, 3.63) is 35.9 Å². The van der Waals surface area contributed by atoms with E-state index in [0.717, 1.165) is 0 Å². The molecule has 0 aliphatic heterocycles. The zero-order valence-corrected chi connectivity index (χ0v) is 7.77. The number of carbonyl (C=O) groups excluding carboxylic acids is 2. The van der Waals surface area contributed by atoms with E-state index in [1.54, 1.807) is 30.3 Å². The van der Waals surface area contributed by atoms with E-state index in [1.807, 2.05) is 0 Å². The first-order chi connectivity index (χ1) is 6.66. The van der Waals surface area contributed by atoms with Crippen LogP contribution in [-0.2, 0) is 14.3 Å². The van der Waals surface area contributed by atoms with Crippen molar-refractivity contribution in [2.45, 2.75) is 5.92 Å². The maximum atomic E-state index is 11.2. The molecular formula is C10H11NO3. The van der Waals surface area contributed by atoms with E-state index < -0.39 is 17.8 Å². The molecule has 1 atom stereocenters. The molecule has 0 aliphatic rings. The highest BCUT2D eigenvalue weighted by Crippen LogP contribution is 2.16. The summed E-state index contributed by atoms with van der Waals surface area (Å²) in [6, 6.07) is 8.57. The van der Waals surface area contributed by atoms with Gasteiger partial charge >= 0.3 is 5.97 Å². The Kier molecular flexibility index (Phi) is 3.23. The first-order valence-corrected chi connectivity index (χ1v) is 4.09. The van der Waals surface area contributed by atoms with Gasteiger partial charge in [0.05, 0.1) is 7.11 Å². The van der Waals surface area contributed by atoms with E-state index in [-0.39, 0.29) is 0 Å². The average Bonchev–Trinajstić information content (AvgIpc) is 2.19. The summed E-state index contributed by atoms with van der Waals surface area (Å²) in [5.41, 5.74) is 5.65. The standard InChI is InChI=1S/C10H11NO3/c1-14-10(13)8(9(11)12)7-5-3-2-4-6-7/h2-6,8H,1H3,(H2,11,12)/t8-/m0/s1. The highest BCUT2D eigenvalue weighted by molar-refractivity contribution is 6.02. The van der Waals surface area contributed by atoms with Crippen LogP contribution in [0, 0.1) is 0 Å². The molecule has 4 nitrogen and oxygen atoms in total. The van der Waals surface area contributed by atoms with Crippen molar-refractivity contribution in [1.29, 1.82) is 0 Å². The second kappa shape index (κ2) is 4.41. The van der Waals surface area contributed by atoms with Crippen LogP contribution in [0.3, 0.4) is 0 Å². The predicted octanol–water partition coefficient (Wildman–Crippen LogP) is 0.428. The maximum Gasteiger partial charge on any atom is 0.322 e. The number of nitrogens with two attached hydrogens (primary N) is 1. The lowest BCUT2D eigenvalue weighted by Crippen LogP contribution is -2.29. The van der Waals surface area contributed by atoms with Crippen molar-refractivity contribution in [1.82, 2.24) is 0 Å². The number of benzene rings is 1. The molecule has 0 bridgehead atoms. The minimum absolute atomic E-state index is 0.548. The second-order valence-electron chi connectivity index (χ2n) is 2.77. The summed E-state index contributed by atoms with van der Waals surface area (Å²) in [5.74, 6) is -2.35. The van der Waals surface area contributed by atoms with Crippen LogP contribution in [0.4, 0.5) is 0 Å². The number of amides is 1. The van der Waals surface area contributed by atoms with Gasteiger partial charge in [0, 0.05) is 0 Å². The Morgan fingerprint density at radius 1 is 1.29 bits per heavy atom. The average molecular weight is 193 g/mol. The number of primary amides is 1. The summed E-state index contributed by atoms with van der Waals surface area (Å²) >= 11 is 0. The van der Waals surface area contributed by atoms with E-state index >= 15 is 0 Å². The van der Waals surface area contributed by atoms with Crippen LogP contribution in [-0.4, -0.2) is 19.0 Å². The molecule has 0 heterocycles. The fourth-order valence-electron chi connectivity index (χ4n) is 1.18. The molecule has 1 amide bonds. The quantitative estimate of drug-likeness (QED) is 0.559. The van der Waals surface area contributed by atoms with Gasteiger partial charge in [-0.2, -0.15) is 0 Å². The Bertz CT molecular complexity index is 334. The fraction of sp³-hybridized carbons (Fsp3) is 0.200. The molecule has 1 rings (SSSR count). The Labute approximate surface area is 81.7 Å². The first-order valence-electron chi connectivity index (χ1n) is 4.09. The minimum atomic E-state index is -1.01. The molecule has 1 aromatic rings. The fourth-order valence-corrected chi connectivity index (χ4v) is 1.18. The molecule has 0 fully saturated rings. The van der Waals surface area contributed by atoms with E-state index in [1.165, 1.54) is 7.11 Å². The molecule has 0 radical (unpaired) electrons. The van der Waals surface area contributed by atoms with Gasteiger partial charge in [-0.15, -0.1) is 0 Å². The van der Waals surface area contributed by atoms with Crippen LogP contribution in [0.2, 0.25) is 0 Å². The third kappa shape index (κ3) is 2.10. The molecule has 1 aromatic carbocycles. The second-order valence-corrected chi connectivity index (χ2v) is 2.77. The summed E-state index contributed by atoms with van der Waals surface area (Å²) in [5, 5.41) is 0. The van der Waals surface area contributed by atoms with Gasteiger partial charge in [0.2, 0.25) is 5.91 Å². The van der Waals surface area contributed by atoms with Gasteiger partial charge < -0.3 is 10.5 Å². The molecule has 0 aromatic heterocycles. The Morgan fingerprint density at radius 3 is 2.29 bits per heavy atom. The third-order valence-electron chi connectivity index (χ3n) is 1.85. The van der Waals surface area contributed by atoms with Crippen molar-refractivity contribution < 1.29 is 14.3 Å². The molecular weight excluding hydrogens is 182 g/mol. The van der Waals surface area contributed by atoms with Gasteiger partial charge in [-0.1, -0.05) is 30.3 Å². The van der Waals surface area contributed by atoms with E-state index in [9.17, 15) is 9.59 Å². The number of hydrogen-bond donors (Lipinski definition) is 1. The number of carbonyl (C=O) groups is 2. The molecule has 14 heavy (non-hydrogen) atoms. The monoisotopic (exact) mass is 193 g/mol. The predicted molar refractivity (Wildman–Crippen MR) is 50.4 cm³/mol. The van der Waals surface area contributed by atoms with Gasteiger partial charge in [-0.3, -0.25) is 9.59 Å². The third-order valence-corrected chi connectivity index (χ3v) is 1.85. The Morgan fingerprint density at radius 2 is 1.86 bits per heavy atom. The van der Waals surface area contributed by atoms with Crippen molar-refractivity contribution in [2.24, 2.45) is 5.73 Å². The molecule has 0 aliphatic carbocycles. The van der Waals surface area contributed by atoms with Crippen molar-refractivity contribution in [3.8, 4) is 0 Å². The van der Waals surface area contributed by atoms with Gasteiger partial charge in [-0.05, 0) is 5.56 Å². The largest absolute Gasteiger partial charge is 0.468 e. The number of methoxy groups -OCH3 is 1. The topological polar surface area (TPSA) is 69.4 Å². The summed E-state index contributed by atoms with van der Waals surface area (Å²) in [6.45, 7) is 0. The lowest BCUT2D eigenvalue weighted by Gasteiger charge is -2.10. The number of ether oxygens (including phenoxy) is 1. The van der Waals surface area contributed by atoms with Crippen molar-refractivity contribution in [3.63, 3.8) is 0 Å². The van der Waals surface area contributed by atoms with Crippen LogP contribution < -0.4 is 5.73 Å². The lowest BCUT2D eigenvalue weighted by molar-refractivity contribution is -0.145. The smallest absolute Gasteiger partial charge is 0.322 e. The van der Waals surface area contributed by atoms with Gasteiger partial charge in [0.25, 0.3) is 0 Å². The Hall–Kier alpha value is -1.84. The summed E-state index contributed by atoms with van der Waals surface area (Å²) in [4.78, 5) is 22.3. The maximum absolute atomic E-state index is 11.2. The van der Waals surface area contributed by atoms with Crippen molar-refractivity contribution in [2.75, 3.05) is 7.11 Å². The highest BCUT2D eigenvalue weighted by Gasteiger charge is 2.26. The molecule has 0 spiro atoms. The minimum Gasteiger partial charge on any atom is -0.468 e. The van der Waals surface area contributed by atoms with Crippen molar-refractivity contribution >= 4 is 11.9 Å². The van der Waals surface area contributed by atoms with Gasteiger partial charge in [0.15, 0.2) is 5.92 Å². The molecule has 0 saturated carbocycles.